The molecule has 0 spiro atoms. The fourth-order valence-corrected chi connectivity index (χ4v) is 4.03. The minimum absolute atomic E-state index is 0.176. The van der Waals surface area contributed by atoms with Gasteiger partial charge in [0.1, 0.15) is 0 Å². The van der Waals surface area contributed by atoms with Gasteiger partial charge in [-0.1, -0.05) is 6.07 Å². The summed E-state index contributed by atoms with van der Waals surface area (Å²) in [5, 5.41) is 5.44. The molecule has 0 bridgehead atoms. The van der Waals surface area contributed by atoms with E-state index < -0.39 is 10.0 Å². The van der Waals surface area contributed by atoms with Crippen molar-refractivity contribution in [3.8, 4) is 0 Å². The molecule has 0 aliphatic carbocycles. The van der Waals surface area contributed by atoms with E-state index in [1.165, 1.54) is 10.4 Å². The number of hydrogen-bond donors (Lipinski definition) is 2. The van der Waals surface area contributed by atoms with Crippen molar-refractivity contribution in [1.82, 2.24) is 14.5 Å². The van der Waals surface area contributed by atoms with E-state index in [0.29, 0.717) is 18.8 Å². The highest BCUT2D eigenvalue weighted by atomic mass is 32.2. The van der Waals surface area contributed by atoms with Crippen molar-refractivity contribution in [1.29, 1.82) is 0 Å². The number of likely N-dealkylation sites (N-methyl/N-ethyl adjacent to an activating group) is 2. The Labute approximate surface area is 137 Å². The van der Waals surface area contributed by atoms with Gasteiger partial charge in [0.15, 0.2) is 0 Å². The molecule has 2 N–H and O–H groups in total. The molecule has 1 aliphatic heterocycles. The summed E-state index contributed by atoms with van der Waals surface area (Å²) in [4.78, 5) is 14.0. The number of carbonyl (C=O) groups excluding carboxylic acids is 1. The Kier molecular flexibility index (Phi) is 6.11. The summed E-state index contributed by atoms with van der Waals surface area (Å²) >= 11 is 0. The van der Waals surface area contributed by atoms with Crippen molar-refractivity contribution in [2.75, 3.05) is 52.1 Å². The summed E-state index contributed by atoms with van der Waals surface area (Å²) in [6, 6.07) is 6.41. The number of hydrogen-bond acceptors (Lipinski definition) is 5. The van der Waals surface area contributed by atoms with Gasteiger partial charge < -0.3 is 15.5 Å². The van der Waals surface area contributed by atoms with E-state index in [2.05, 4.69) is 15.5 Å². The summed E-state index contributed by atoms with van der Waals surface area (Å²) in [6.45, 7) is 2.79. The van der Waals surface area contributed by atoms with Crippen molar-refractivity contribution in [3.63, 3.8) is 0 Å². The van der Waals surface area contributed by atoms with Crippen LogP contribution in [0.3, 0.4) is 0 Å². The third kappa shape index (κ3) is 4.74. The molecular formula is C15H24N4O3S. The predicted octanol–water partition coefficient (Wildman–Crippen LogP) is 0.171. The molecule has 1 saturated heterocycles. The lowest BCUT2D eigenvalue weighted by atomic mass is 10.3. The Bertz CT molecular complexity index is 648. The molecule has 1 aromatic carbocycles. The highest BCUT2D eigenvalue weighted by Crippen LogP contribution is 2.20. The van der Waals surface area contributed by atoms with Crippen LogP contribution < -0.4 is 10.6 Å². The Morgan fingerprint density at radius 2 is 2.00 bits per heavy atom. The Morgan fingerprint density at radius 3 is 2.74 bits per heavy atom. The Hall–Kier alpha value is -1.48. The van der Waals surface area contributed by atoms with E-state index >= 15 is 0 Å². The minimum Gasteiger partial charge on any atom is -0.325 e. The second-order valence-corrected chi connectivity index (χ2v) is 7.61. The van der Waals surface area contributed by atoms with Crippen LogP contribution in [0.2, 0.25) is 0 Å². The minimum atomic E-state index is -3.54. The lowest BCUT2D eigenvalue weighted by Crippen LogP contribution is -2.34. The molecular weight excluding hydrogens is 316 g/mol. The quantitative estimate of drug-likeness (QED) is 0.799. The molecule has 1 heterocycles. The average molecular weight is 340 g/mol. The maximum Gasteiger partial charge on any atom is 0.243 e. The van der Waals surface area contributed by atoms with Crippen molar-refractivity contribution in [2.45, 2.75) is 11.3 Å². The number of amides is 1. The molecule has 0 saturated carbocycles. The fourth-order valence-electron chi connectivity index (χ4n) is 2.51. The summed E-state index contributed by atoms with van der Waals surface area (Å²) in [7, 11) is 0.132. The molecule has 0 unspecified atom stereocenters. The van der Waals surface area contributed by atoms with E-state index in [-0.39, 0.29) is 17.3 Å². The van der Waals surface area contributed by atoms with Gasteiger partial charge in [-0.15, -0.1) is 0 Å². The number of rotatable bonds is 5. The molecule has 0 aromatic heterocycles. The standard InChI is InChI=1S/C15H24N4O3S/c1-16-12-15(20)17-13-5-3-6-14(11-13)23(21,22)19-8-4-7-18(2)9-10-19/h3,5-6,11,16H,4,7-10,12H2,1-2H3,(H,17,20). The summed E-state index contributed by atoms with van der Waals surface area (Å²) < 4.78 is 27.1. The van der Waals surface area contributed by atoms with Gasteiger partial charge in [0.05, 0.1) is 11.4 Å². The van der Waals surface area contributed by atoms with Gasteiger partial charge in [-0.05, 0) is 45.3 Å². The van der Waals surface area contributed by atoms with Crippen molar-refractivity contribution >= 4 is 21.6 Å². The second-order valence-electron chi connectivity index (χ2n) is 5.67. The van der Waals surface area contributed by atoms with Crippen LogP contribution in [0.5, 0.6) is 0 Å². The van der Waals surface area contributed by atoms with Gasteiger partial charge >= 0.3 is 0 Å². The molecule has 1 fully saturated rings. The molecule has 8 heteroatoms. The number of carbonyl (C=O) groups is 1. The lowest BCUT2D eigenvalue weighted by molar-refractivity contribution is -0.115. The average Bonchev–Trinajstić information content (AvgIpc) is 2.73. The van der Waals surface area contributed by atoms with Gasteiger partial charge in [0.2, 0.25) is 15.9 Å². The van der Waals surface area contributed by atoms with Crippen LogP contribution in [-0.4, -0.2) is 70.3 Å². The van der Waals surface area contributed by atoms with Crippen LogP contribution in [0.15, 0.2) is 29.2 Å². The lowest BCUT2D eigenvalue weighted by Gasteiger charge is -2.20. The number of sulfonamides is 1. The predicted molar refractivity (Wildman–Crippen MR) is 89.9 cm³/mol. The van der Waals surface area contributed by atoms with E-state index in [4.69, 9.17) is 0 Å². The van der Waals surface area contributed by atoms with E-state index in [0.717, 1.165) is 19.5 Å². The first kappa shape index (κ1) is 17.9. The molecule has 2 rings (SSSR count). The first-order valence-electron chi connectivity index (χ1n) is 7.66. The maximum absolute atomic E-state index is 12.8. The Morgan fingerprint density at radius 1 is 1.22 bits per heavy atom. The maximum atomic E-state index is 12.8. The third-order valence-electron chi connectivity index (χ3n) is 3.77. The van der Waals surface area contributed by atoms with Crippen LogP contribution in [-0.2, 0) is 14.8 Å². The molecule has 1 amide bonds. The largest absolute Gasteiger partial charge is 0.325 e. The van der Waals surface area contributed by atoms with Gasteiger partial charge in [0.25, 0.3) is 0 Å². The van der Waals surface area contributed by atoms with E-state index in [1.54, 1.807) is 25.2 Å². The zero-order valence-corrected chi connectivity index (χ0v) is 14.4. The highest BCUT2D eigenvalue weighted by molar-refractivity contribution is 7.89. The van der Waals surface area contributed by atoms with E-state index in [9.17, 15) is 13.2 Å². The SMILES string of the molecule is CNCC(=O)Nc1cccc(S(=O)(=O)N2CCCN(C)CC2)c1. The topological polar surface area (TPSA) is 81.8 Å². The highest BCUT2D eigenvalue weighted by Gasteiger charge is 2.26. The molecule has 7 nitrogen and oxygen atoms in total. The zero-order chi connectivity index (χ0) is 16.9. The van der Waals surface area contributed by atoms with E-state index in [1.807, 2.05) is 7.05 Å². The third-order valence-corrected chi connectivity index (χ3v) is 5.67. The molecule has 128 valence electrons. The van der Waals surface area contributed by atoms with Crippen LogP contribution in [0.4, 0.5) is 5.69 Å². The molecule has 23 heavy (non-hydrogen) atoms. The molecule has 0 atom stereocenters. The normalized spacial score (nSPS) is 17.7. The van der Waals surface area contributed by atoms with Crippen LogP contribution >= 0.6 is 0 Å². The van der Waals surface area contributed by atoms with Crippen molar-refractivity contribution in [2.24, 2.45) is 0 Å². The number of nitrogens with zero attached hydrogens (tertiary/aromatic N) is 2. The van der Waals surface area contributed by atoms with Crippen LogP contribution in [0.25, 0.3) is 0 Å². The van der Waals surface area contributed by atoms with Crippen molar-refractivity contribution in [3.05, 3.63) is 24.3 Å². The summed E-state index contributed by atoms with van der Waals surface area (Å²) in [5.74, 6) is -0.210. The molecule has 1 aromatic rings. The number of benzene rings is 1. The van der Waals surface area contributed by atoms with Gasteiger partial charge in [-0.25, -0.2) is 8.42 Å². The zero-order valence-electron chi connectivity index (χ0n) is 13.6. The Balaban J connectivity index is 2.17. The first-order chi connectivity index (χ1) is 10.9. The first-order valence-corrected chi connectivity index (χ1v) is 9.10. The van der Waals surface area contributed by atoms with Gasteiger partial charge in [0, 0.05) is 25.3 Å². The fraction of sp³-hybridized carbons (Fsp3) is 0.533. The monoisotopic (exact) mass is 340 g/mol. The molecule has 1 aliphatic rings. The smallest absolute Gasteiger partial charge is 0.243 e. The number of nitrogens with one attached hydrogen (secondary N) is 2. The molecule has 0 radical (unpaired) electrons. The van der Waals surface area contributed by atoms with Crippen LogP contribution in [0.1, 0.15) is 6.42 Å². The number of anilines is 1. The summed E-state index contributed by atoms with van der Waals surface area (Å²) in [5.41, 5.74) is 0.485. The summed E-state index contributed by atoms with van der Waals surface area (Å²) in [6.07, 6.45) is 0.814. The second kappa shape index (κ2) is 7.87. The van der Waals surface area contributed by atoms with Crippen LogP contribution in [0, 0.1) is 0 Å². The van der Waals surface area contributed by atoms with Gasteiger partial charge in [-0.2, -0.15) is 4.31 Å². The van der Waals surface area contributed by atoms with Crippen molar-refractivity contribution < 1.29 is 13.2 Å². The van der Waals surface area contributed by atoms with Gasteiger partial charge in [-0.3, -0.25) is 4.79 Å².